The van der Waals surface area contributed by atoms with Gasteiger partial charge in [-0.1, -0.05) is 0 Å². The zero-order chi connectivity index (χ0) is 8.85. The molecular weight excluding hydrogens is 150 g/mol. The molecule has 0 aliphatic heterocycles. The van der Waals surface area contributed by atoms with Crippen LogP contribution in [0, 0.1) is 0 Å². The second kappa shape index (κ2) is 4.84. The van der Waals surface area contributed by atoms with Gasteiger partial charge in [-0.2, -0.15) is 0 Å². The minimum atomic E-state index is -1.30. The number of nitrogens with two attached hydrogens (primary N) is 1. The zero-order valence-corrected chi connectivity index (χ0v) is 5.84. The molecule has 0 radical (unpaired) electrons. The average molecular weight is 161 g/mol. The normalized spacial score (nSPS) is 17.5. The summed E-state index contributed by atoms with van der Waals surface area (Å²) in [5.74, 6) is 0. The van der Waals surface area contributed by atoms with E-state index >= 15 is 0 Å². The van der Waals surface area contributed by atoms with E-state index in [4.69, 9.17) is 21.1 Å². The summed E-state index contributed by atoms with van der Waals surface area (Å²) in [5.41, 5.74) is 4.83. The molecule has 0 fully saturated rings. The van der Waals surface area contributed by atoms with Crippen molar-refractivity contribution in [2.75, 3.05) is 6.61 Å². The predicted octanol–water partition coefficient (Wildman–Crippen LogP) is -2.26. The maximum absolute atomic E-state index is 9.90. The lowest BCUT2D eigenvalue weighted by atomic mass is 10.2. The van der Waals surface area contributed by atoms with Crippen LogP contribution < -0.4 is 5.73 Å². The van der Waals surface area contributed by atoms with Gasteiger partial charge in [0.1, 0.15) is 12.2 Å². The summed E-state index contributed by atoms with van der Waals surface area (Å²) in [5, 5.41) is 26.0. The molecule has 0 aromatic carbocycles. The summed E-state index contributed by atoms with van der Waals surface area (Å²) < 4.78 is 0. The van der Waals surface area contributed by atoms with Gasteiger partial charge in [0.2, 0.25) is 0 Å². The summed E-state index contributed by atoms with van der Waals surface area (Å²) in [6, 6.07) is 0. The van der Waals surface area contributed by atoms with E-state index in [0.29, 0.717) is 6.29 Å². The van der Waals surface area contributed by atoms with Gasteiger partial charge < -0.3 is 21.1 Å². The molecule has 5 nitrogen and oxygen atoms in total. The minimum Gasteiger partial charge on any atom is -0.396 e. The molecular formula is C6H11NO4. The fourth-order valence-corrected chi connectivity index (χ4v) is 0.456. The Morgan fingerprint density at radius 2 is 2.09 bits per heavy atom. The van der Waals surface area contributed by atoms with E-state index in [1.807, 2.05) is 0 Å². The van der Waals surface area contributed by atoms with E-state index in [1.54, 1.807) is 0 Å². The molecule has 2 unspecified atom stereocenters. The monoisotopic (exact) mass is 161 g/mol. The van der Waals surface area contributed by atoms with E-state index in [0.717, 1.165) is 6.08 Å². The third-order valence-corrected chi connectivity index (χ3v) is 1.08. The van der Waals surface area contributed by atoms with E-state index in [2.05, 4.69) is 0 Å². The standard InChI is InChI=1S/C6H11NO4/c7-4(2-8)1-5(10)6(11)3-9/h1-2,5-6,9-11H,3,7H2. The molecule has 5 N–H and O–H groups in total. The summed E-state index contributed by atoms with van der Waals surface area (Å²) in [4.78, 5) is 9.90. The molecule has 0 bridgehead atoms. The smallest absolute Gasteiger partial charge is 0.165 e. The first-order valence-electron chi connectivity index (χ1n) is 3.01. The van der Waals surface area contributed by atoms with Gasteiger partial charge in [-0.05, 0) is 6.08 Å². The molecule has 0 saturated carbocycles. The molecule has 0 spiro atoms. The second-order valence-corrected chi connectivity index (χ2v) is 2.03. The number of aldehydes is 1. The van der Waals surface area contributed by atoms with Gasteiger partial charge in [-0.3, -0.25) is 4.79 Å². The van der Waals surface area contributed by atoms with E-state index in [1.165, 1.54) is 0 Å². The SMILES string of the molecule is NC(C=O)=CC(O)C(O)CO. The fraction of sp³-hybridized carbons (Fsp3) is 0.500. The third-order valence-electron chi connectivity index (χ3n) is 1.08. The van der Waals surface area contributed by atoms with Crippen LogP contribution in [0.2, 0.25) is 0 Å². The van der Waals surface area contributed by atoms with Gasteiger partial charge >= 0.3 is 0 Å². The largest absolute Gasteiger partial charge is 0.396 e. The molecule has 2 atom stereocenters. The van der Waals surface area contributed by atoms with Crippen LogP contribution in [0.3, 0.4) is 0 Å². The number of aliphatic hydroxyl groups is 3. The Hall–Kier alpha value is -0.910. The highest BCUT2D eigenvalue weighted by atomic mass is 16.4. The van der Waals surface area contributed by atoms with Crippen molar-refractivity contribution < 1.29 is 20.1 Å². The van der Waals surface area contributed by atoms with Gasteiger partial charge in [-0.25, -0.2) is 0 Å². The summed E-state index contributed by atoms with van der Waals surface area (Å²) >= 11 is 0. The van der Waals surface area contributed by atoms with Crippen molar-refractivity contribution in [2.24, 2.45) is 5.73 Å². The first kappa shape index (κ1) is 10.1. The molecule has 0 aromatic rings. The van der Waals surface area contributed by atoms with Crippen molar-refractivity contribution in [2.45, 2.75) is 12.2 Å². The quantitative estimate of drug-likeness (QED) is 0.275. The lowest BCUT2D eigenvalue weighted by Crippen LogP contribution is -2.28. The van der Waals surface area contributed by atoms with E-state index in [-0.39, 0.29) is 5.70 Å². The number of carbonyl (C=O) groups excluding carboxylic acids is 1. The van der Waals surface area contributed by atoms with Crippen LogP contribution in [-0.2, 0) is 4.79 Å². The lowest BCUT2D eigenvalue weighted by Gasteiger charge is -2.10. The highest BCUT2D eigenvalue weighted by Gasteiger charge is 2.11. The highest BCUT2D eigenvalue weighted by molar-refractivity contribution is 5.71. The van der Waals surface area contributed by atoms with E-state index in [9.17, 15) is 4.79 Å². The zero-order valence-electron chi connectivity index (χ0n) is 5.84. The number of hydrogen-bond donors (Lipinski definition) is 4. The van der Waals surface area contributed by atoms with Gasteiger partial charge in [0.05, 0.1) is 12.3 Å². The topological polar surface area (TPSA) is 104 Å². The molecule has 5 heteroatoms. The first-order chi connectivity index (χ1) is 5.11. The van der Waals surface area contributed by atoms with Crippen molar-refractivity contribution in [3.05, 3.63) is 11.8 Å². The third kappa shape index (κ3) is 3.72. The molecule has 0 rings (SSSR count). The Morgan fingerprint density at radius 1 is 1.55 bits per heavy atom. The van der Waals surface area contributed by atoms with Crippen molar-refractivity contribution >= 4 is 6.29 Å². The van der Waals surface area contributed by atoms with Crippen LogP contribution in [-0.4, -0.2) is 40.4 Å². The maximum atomic E-state index is 9.90. The van der Waals surface area contributed by atoms with Crippen molar-refractivity contribution in [1.82, 2.24) is 0 Å². The van der Waals surface area contributed by atoms with Crippen LogP contribution in [0.4, 0.5) is 0 Å². The number of aliphatic hydroxyl groups excluding tert-OH is 3. The minimum absolute atomic E-state index is 0.176. The molecule has 0 aliphatic carbocycles. The molecule has 0 amide bonds. The van der Waals surface area contributed by atoms with Gasteiger partial charge in [0.15, 0.2) is 6.29 Å². The van der Waals surface area contributed by atoms with Crippen LogP contribution >= 0.6 is 0 Å². The fourth-order valence-electron chi connectivity index (χ4n) is 0.456. The summed E-state index contributed by atoms with van der Waals surface area (Å²) in [6.07, 6.45) is -1.29. The maximum Gasteiger partial charge on any atom is 0.165 e. The Labute approximate surface area is 63.8 Å². The highest BCUT2D eigenvalue weighted by Crippen LogP contribution is 1.95. The number of hydrogen-bond acceptors (Lipinski definition) is 5. The average Bonchev–Trinajstić information content (AvgIpc) is 2.02. The second-order valence-electron chi connectivity index (χ2n) is 2.03. The van der Waals surface area contributed by atoms with Gasteiger partial charge in [-0.15, -0.1) is 0 Å². The van der Waals surface area contributed by atoms with Crippen molar-refractivity contribution in [3.8, 4) is 0 Å². The number of allylic oxidation sites excluding steroid dienone is 1. The first-order valence-corrected chi connectivity index (χ1v) is 3.01. The van der Waals surface area contributed by atoms with Crippen LogP contribution in [0.25, 0.3) is 0 Å². The van der Waals surface area contributed by atoms with Gasteiger partial charge in [0, 0.05) is 0 Å². The van der Waals surface area contributed by atoms with Crippen LogP contribution in [0.15, 0.2) is 11.8 Å². The van der Waals surface area contributed by atoms with E-state index < -0.39 is 18.8 Å². The Balaban J connectivity index is 4.03. The Kier molecular flexibility index (Phi) is 4.44. The Bertz CT molecular complexity index is 157. The molecule has 11 heavy (non-hydrogen) atoms. The molecule has 0 heterocycles. The predicted molar refractivity (Wildman–Crippen MR) is 37.4 cm³/mol. The Morgan fingerprint density at radius 3 is 2.45 bits per heavy atom. The number of rotatable bonds is 4. The molecule has 64 valence electrons. The van der Waals surface area contributed by atoms with Crippen LogP contribution in [0.1, 0.15) is 0 Å². The van der Waals surface area contributed by atoms with Crippen molar-refractivity contribution in [3.63, 3.8) is 0 Å². The lowest BCUT2D eigenvalue weighted by molar-refractivity contribution is -0.105. The number of carbonyl (C=O) groups is 1. The summed E-state index contributed by atoms with van der Waals surface area (Å²) in [7, 11) is 0. The van der Waals surface area contributed by atoms with Crippen LogP contribution in [0.5, 0.6) is 0 Å². The molecule has 0 aliphatic rings. The molecule has 0 saturated heterocycles. The molecule has 0 aromatic heterocycles. The van der Waals surface area contributed by atoms with Crippen molar-refractivity contribution in [1.29, 1.82) is 0 Å². The van der Waals surface area contributed by atoms with Gasteiger partial charge in [0.25, 0.3) is 0 Å². The summed E-state index contributed by atoms with van der Waals surface area (Å²) in [6.45, 7) is -0.580.